The molecule has 1 aliphatic rings. The molecule has 1 nitrogen and oxygen atoms in total. The highest BCUT2D eigenvalue weighted by molar-refractivity contribution is 5.08. The summed E-state index contributed by atoms with van der Waals surface area (Å²) in [6.45, 7) is 11.2. The first kappa shape index (κ1) is 10.6. The van der Waals surface area contributed by atoms with Crippen molar-refractivity contribution in [1.82, 2.24) is 4.90 Å². The van der Waals surface area contributed by atoms with E-state index in [1.807, 2.05) is 0 Å². The maximum Gasteiger partial charge on any atom is 0.0342 e. The van der Waals surface area contributed by atoms with Gasteiger partial charge in [0.25, 0.3) is 0 Å². The van der Waals surface area contributed by atoms with Gasteiger partial charge < -0.3 is 0 Å². The molecular formula is C12H21N. The van der Waals surface area contributed by atoms with E-state index in [2.05, 4.69) is 44.4 Å². The second-order valence-electron chi connectivity index (χ2n) is 4.52. The Labute approximate surface area is 82.5 Å². The Hall–Kier alpha value is -0.480. The summed E-state index contributed by atoms with van der Waals surface area (Å²) in [5, 5.41) is 0. The zero-order chi connectivity index (χ0) is 9.84. The molecule has 0 aromatic rings. The van der Waals surface area contributed by atoms with Crippen LogP contribution in [0.15, 0.2) is 0 Å². The van der Waals surface area contributed by atoms with Gasteiger partial charge in [0.1, 0.15) is 0 Å². The summed E-state index contributed by atoms with van der Waals surface area (Å²) in [6.07, 6.45) is 1.26. The quantitative estimate of drug-likeness (QED) is 0.559. The van der Waals surface area contributed by atoms with E-state index in [9.17, 15) is 0 Å². The molecule has 1 saturated heterocycles. The van der Waals surface area contributed by atoms with Gasteiger partial charge >= 0.3 is 0 Å². The normalized spacial score (nSPS) is 23.7. The number of rotatable bonds is 1. The maximum absolute atomic E-state index is 3.37. The van der Waals surface area contributed by atoms with Gasteiger partial charge in [-0.05, 0) is 26.8 Å². The predicted octanol–water partition coefficient (Wildman–Crippen LogP) is 2.38. The molecule has 0 amide bonds. The standard InChI is InChI=1S/C12H21N/c1-10(2)5-6-12-7-8-13(9-12)11(3)4/h10-12H,7-9H2,1-4H3. The Bertz CT molecular complexity index is 207. The van der Waals surface area contributed by atoms with E-state index in [0.717, 1.165) is 0 Å². The molecule has 74 valence electrons. The minimum atomic E-state index is 0.521. The Morgan fingerprint density at radius 1 is 1.23 bits per heavy atom. The average molecular weight is 179 g/mol. The van der Waals surface area contributed by atoms with Gasteiger partial charge in [-0.15, -0.1) is 5.92 Å². The first-order valence-electron chi connectivity index (χ1n) is 5.34. The summed E-state index contributed by atoms with van der Waals surface area (Å²) in [7, 11) is 0. The molecule has 0 bridgehead atoms. The lowest BCUT2D eigenvalue weighted by Gasteiger charge is -2.19. The van der Waals surface area contributed by atoms with Crippen molar-refractivity contribution < 1.29 is 0 Å². The molecule has 0 aliphatic carbocycles. The molecular weight excluding hydrogens is 158 g/mol. The molecule has 0 radical (unpaired) electrons. The van der Waals surface area contributed by atoms with E-state index < -0.39 is 0 Å². The van der Waals surface area contributed by atoms with E-state index in [-0.39, 0.29) is 0 Å². The van der Waals surface area contributed by atoms with Crippen LogP contribution in [0.4, 0.5) is 0 Å². The molecule has 13 heavy (non-hydrogen) atoms. The fourth-order valence-corrected chi connectivity index (χ4v) is 1.66. The molecule has 0 spiro atoms. The van der Waals surface area contributed by atoms with Crippen LogP contribution in [-0.2, 0) is 0 Å². The van der Waals surface area contributed by atoms with Crippen molar-refractivity contribution in [3.05, 3.63) is 0 Å². The van der Waals surface area contributed by atoms with Crippen LogP contribution >= 0.6 is 0 Å². The summed E-state index contributed by atoms with van der Waals surface area (Å²) in [4.78, 5) is 2.51. The van der Waals surface area contributed by atoms with Crippen LogP contribution in [0.5, 0.6) is 0 Å². The Morgan fingerprint density at radius 3 is 2.38 bits per heavy atom. The van der Waals surface area contributed by atoms with Gasteiger partial charge in [0.05, 0.1) is 0 Å². The third-order valence-electron chi connectivity index (χ3n) is 2.53. The SMILES string of the molecule is CC(C)C#CC1CCN(C(C)C)C1. The van der Waals surface area contributed by atoms with Gasteiger partial charge in [0.2, 0.25) is 0 Å². The van der Waals surface area contributed by atoms with Gasteiger partial charge in [-0.3, -0.25) is 4.90 Å². The molecule has 1 heteroatoms. The van der Waals surface area contributed by atoms with Crippen LogP contribution in [-0.4, -0.2) is 24.0 Å². The van der Waals surface area contributed by atoms with Gasteiger partial charge in [0.15, 0.2) is 0 Å². The molecule has 0 saturated carbocycles. The summed E-state index contributed by atoms with van der Waals surface area (Å²) in [5.41, 5.74) is 0. The van der Waals surface area contributed by atoms with Crippen molar-refractivity contribution in [3.8, 4) is 11.8 Å². The lowest BCUT2D eigenvalue weighted by molar-refractivity contribution is 0.271. The largest absolute Gasteiger partial charge is 0.300 e. The molecule has 0 aromatic heterocycles. The van der Waals surface area contributed by atoms with Crippen LogP contribution in [0.1, 0.15) is 34.1 Å². The molecule has 0 N–H and O–H groups in total. The Balaban J connectivity index is 2.38. The number of likely N-dealkylation sites (tertiary alicyclic amines) is 1. The molecule has 1 aliphatic heterocycles. The second-order valence-corrected chi connectivity index (χ2v) is 4.52. The van der Waals surface area contributed by atoms with E-state index >= 15 is 0 Å². The first-order valence-corrected chi connectivity index (χ1v) is 5.34. The van der Waals surface area contributed by atoms with E-state index in [0.29, 0.717) is 17.9 Å². The highest BCUT2D eigenvalue weighted by Gasteiger charge is 2.22. The maximum atomic E-state index is 3.37. The van der Waals surface area contributed by atoms with E-state index in [4.69, 9.17) is 0 Å². The summed E-state index contributed by atoms with van der Waals surface area (Å²) in [5.74, 6) is 7.80. The molecule has 1 fully saturated rings. The van der Waals surface area contributed by atoms with Gasteiger partial charge in [-0.1, -0.05) is 19.8 Å². The summed E-state index contributed by atoms with van der Waals surface area (Å²) < 4.78 is 0. The third kappa shape index (κ3) is 3.40. The van der Waals surface area contributed by atoms with Crippen molar-refractivity contribution >= 4 is 0 Å². The first-order chi connectivity index (χ1) is 6.09. The summed E-state index contributed by atoms with van der Waals surface area (Å²) >= 11 is 0. The average Bonchev–Trinajstić information content (AvgIpc) is 2.48. The predicted molar refractivity (Wildman–Crippen MR) is 57.4 cm³/mol. The fraction of sp³-hybridized carbons (Fsp3) is 0.833. The minimum Gasteiger partial charge on any atom is -0.300 e. The van der Waals surface area contributed by atoms with Crippen molar-refractivity contribution in [2.45, 2.75) is 40.2 Å². The lowest BCUT2D eigenvalue weighted by Crippen LogP contribution is -2.27. The van der Waals surface area contributed by atoms with Gasteiger partial charge in [0, 0.05) is 24.4 Å². The molecule has 1 heterocycles. The molecule has 1 atom stereocenters. The van der Waals surface area contributed by atoms with Gasteiger partial charge in [-0.25, -0.2) is 0 Å². The van der Waals surface area contributed by atoms with Crippen LogP contribution in [0.2, 0.25) is 0 Å². The van der Waals surface area contributed by atoms with Crippen LogP contribution in [0, 0.1) is 23.7 Å². The Morgan fingerprint density at radius 2 is 1.92 bits per heavy atom. The zero-order valence-electron chi connectivity index (χ0n) is 9.30. The van der Waals surface area contributed by atoms with Crippen LogP contribution < -0.4 is 0 Å². The third-order valence-corrected chi connectivity index (χ3v) is 2.53. The second kappa shape index (κ2) is 4.67. The van der Waals surface area contributed by atoms with E-state index in [1.165, 1.54) is 19.5 Å². The molecule has 0 aromatic carbocycles. The lowest BCUT2D eigenvalue weighted by atomic mass is 10.1. The van der Waals surface area contributed by atoms with Gasteiger partial charge in [-0.2, -0.15) is 0 Å². The number of hydrogen-bond acceptors (Lipinski definition) is 1. The van der Waals surface area contributed by atoms with Crippen molar-refractivity contribution in [1.29, 1.82) is 0 Å². The monoisotopic (exact) mass is 179 g/mol. The number of hydrogen-bond donors (Lipinski definition) is 0. The van der Waals surface area contributed by atoms with Crippen molar-refractivity contribution in [3.63, 3.8) is 0 Å². The smallest absolute Gasteiger partial charge is 0.0342 e. The van der Waals surface area contributed by atoms with Crippen LogP contribution in [0.25, 0.3) is 0 Å². The highest BCUT2D eigenvalue weighted by Crippen LogP contribution is 2.17. The molecule has 1 unspecified atom stereocenters. The fourth-order valence-electron chi connectivity index (χ4n) is 1.66. The number of nitrogens with zero attached hydrogens (tertiary/aromatic N) is 1. The zero-order valence-corrected chi connectivity index (χ0v) is 9.30. The van der Waals surface area contributed by atoms with E-state index in [1.54, 1.807) is 0 Å². The van der Waals surface area contributed by atoms with Crippen molar-refractivity contribution in [2.75, 3.05) is 13.1 Å². The topological polar surface area (TPSA) is 3.24 Å². The van der Waals surface area contributed by atoms with Crippen molar-refractivity contribution in [2.24, 2.45) is 11.8 Å². The minimum absolute atomic E-state index is 0.521. The molecule has 1 rings (SSSR count). The Kier molecular flexibility index (Phi) is 3.81. The van der Waals surface area contributed by atoms with Crippen LogP contribution in [0.3, 0.4) is 0 Å². The highest BCUT2D eigenvalue weighted by atomic mass is 15.2. The summed E-state index contributed by atoms with van der Waals surface area (Å²) in [6, 6.07) is 0.686.